The van der Waals surface area contributed by atoms with Gasteiger partial charge in [0.15, 0.2) is 5.82 Å². The van der Waals surface area contributed by atoms with Crippen molar-refractivity contribution in [2.75, 3.05) is 24.4 Å². The van der Waals surface area contributed by atoms with Crippen molar-refractivity contribution in [1.82, 2.24) is 4.31 Å². The third-order valence-corrected chi connectivity index (χ3v) is 5.57. The Balaban J connectivity index is 2.11. The fraction of sp³-hybridized carbons (Fsp3) is 0.500. The summed E-state index contributed by atoms with van der Waals surface area (Å²) in [6, 6.07) is 2.37. The number of anilines is 1. The minimum atomic E-state index is -3.71. The number of hydrogen-bond donors (Lipinski definition) is 2. The lowest BCUT2D eigenvalue weighted by Crippen LogP contribution is -2.42. The summed E-state index contributed by atoms with van der Waals surface area (Å²) in [6.45, 7) is 1.37. The highest BCUT2D eigenvalue weighted by molar-refractivity contribution is 7.90. The molecule has 1 fully saturated rings. The lowest BCUT2D eigenvalue weighted by molar-refractivity contribution is 0.280. The number of piperidine rings is 1. The topological polar surface area (TPSA) is 75.4 Å². The Morgan fingerprint density at radius 1 is 1.29 bits per heavy atom. The fourth-order valence-corrected chi connectivity index (χ4v) is 3.94. The average Bonchev–Trinajstić information content (AvgIpc) is 2.44. The molecular formula is C12H16Cl2FN3O2S. The zero-order chi connectivity index (χ0) is 15.6. The zero-order valence-corrected chi connectivity index (χ0v) is 13.5. The first kappa shape index (κ1) is 16.8. The monoisotopic (exact) mass is 355 g/mol. The normalized spacial score (nSPS) is 17.9. The van der Waals surface area contributed by atoms with Gasteiger partial charge in [-0.15, -0.1) is 0 Å². The van der Waals surface area contributed by atoms with Crippen LogP contribution in [-0.2, 0) is 10.2 Å². The van der Waals surface area contributed by atoms with Gasteiger partial charge >= 0.3 is 10.2 Å². The highest BCUT2D eigenvalue weighted by atomic mass is 35.5. The second-order valence-electron chi connectivity index (χ2n) is 4.94. The first-order valence-electron chi connectivity index (χ1n) is 6.46. The molecule has 0 atom stereocenters. The van der Waals surface area contributed by atoms with Crippen molar-refractivity contribution in [3.8, 4) is 0 Å². The van der Waals surface area contributed by atoms with E-state index in [1.54, 1.807) is 0 Å². The van der Waals surface area contributed by atoms with Crippen LogP contribution in [-0.4, -0.2) is 32.4 Å². The van der Waals surface area contributed by atoms with Gasteiger partial charge in [0.25, 0.3) is 0 Å². The number of hydrogen-bond acceptors (Lipinski definition) is 3. The van der Waals surface area contributed by atoms with E-state index in [0.717, 1.165) is 12.8 Å². The summed E-state index contributed by atoms with van der Waals surface area (Å²) in [5.74, 6) is -0.420. The van der Waals surface area contributed by atoms with Gasteiger partial charge in [-0.2, -0.15) is 12.7 Å². The SMILES string of the molecule is NCC1CCN(S(=O)(=O)Nc2cc(Cl)c(F)c(Cl)c2)CC1. The molecule has 0 aromatic heterocycles. The Morgan fingerprint density at radius 2 is 1.81 bits per heavy atom. The standard InChI is InChI=1S/C12H16Cl2FN3O2S/c13-10-5-9(6-11(14)12(10)15)17-21(19,20)18-3-1-8(7-16)2-4-18/h5-6,8,17H,1-4,7,16H2. The molecule has 0 saturated carbocycles. The molecule has 21 heavy (non-hydrogen) atoms. The van der Waals surface area contributed by atoms with Crippen LogP contribution in [0.1, 0.15) is 12.8 Å². The largest absolute Gasteiger partial charge is 0.330 e. The molecule has 0 radical (unpaired) electrons. The van der Waals surface area contributed by atoms with E-state index >= 15 is 0 Å². The first-order chi connectivity index (χ1) is 9.83. The van der Waals surface area contributed by atoms with Crippen molar-refractivity contribution in [3.05, 3.63) is 28.0 Å². The van der Waals surface area contributed by atoms with Gasteiger partial charge in [-0.1, -0.05) is 23.2 Å². The van der Waals surface area contributed by atoms with Crippen molar-refractivity contribution in [1.29, 1.82) is 0 Å². The molecule has 0 spiro atoms. The second kappa shape index (κ2) is 6.66. The van der Waals surface area contributed by atoms with Gasteiger partial charge in [0, 0.05) is 13.1 Å². The predicted molar refractivity (Wildman–Crippen MR) is 82.3 cm³/mol. The Hall–Kier alpha value is -0.600. The average molecular weight is 356 g/mol. The smallest absolute Gasteiger partial charge is 0.301 e. The van der Waals surface area contributed by atoms with E-state index in [1.807, 2.05) is 0 Å². The van der Waals surface area contributed by atoms with Gasteiger partial charge in [0.05, 0.1) is 15.7 Å². The number of rotatable bonds is 4. The summed E-state index contributed by atoms with van der Waals surface area (Å²) in [7, 11) is -3.71. The summed E-state index contributed by atoms with van der Waals surface area (Å²) in [5.41, 5.74) is 5.71. The molecule has 1 aliphatic heterocycles. The van der Waals surface area contributed by atoms with E-state index in [0.29, 0.717) is 25.6 Å². The van der Waals surface area contributed by atoms with Crippen LogP contribution in [0.15, 0.2) is 12.1 Å². The Labute approximate surface area is 133 Å². The maximum absolute atomic E-state index is 13.3. The van der Waals surface area contributed by atoms with E-state index in [2.05, 4.69) is 4.72 Å². The van der Waals surface area contributed by atoms with Crippen LogP contribution < -0.4 is 10.5 Å². The molecule has 3 N–H and O–H groups in total. The molecule has 0 aliphatic carbocycles. The Morgan fingerprint density at radius 3 is 2.29 bits per heavy atom. The molecular weight excluding hydrogens is 340 g/mol. The van der Waals surface area contributed by atoms with Gasteiger partial charge in [-0.05, 0) is 37.4 Å². The van der Waals surface area contributed by atoms with Crippen molar-refractivity contribution in [2.24, 2.45) is 11.7 Å². The molecule has 1 aromatic rings. The van der Waals surface area contributed by atoms with Crippen LogP contribution >= 0.6 is 23.2 Å². The molecule has 5 nitrogen and oxygen atoms in total. The molecule has 0 bridgehead atoms. The molecule has 2 rings (SSSR count). The minimum Gasteiger partial charge on any atom is -0.330 e. The molecule has 9 heteroatoms. The van der Waals surface area contributed by atoms with Crippen molar-refractivity contribution < 1.29 is 12.8 Å². The van der Waals surface area contributed by atoms with E-state index in [4.69, 9.17) is 28.9 Å². The van der Waals surface area contributed by atoms with Gasteiger partial charge in [0.1, 0.15) is 0 Å². The van der Waals surface area contributed by atoms with Gasteiger partial charge in [0.2, 0.25) is 0 Å². The lowest BCUT2D eigenvalue weighted by atomic mass is 9.99. The number of nitrogens with two attached hydrogens (primary N) is 1. The minimum absolute atomic E-state index is 0.132. The van der Waals surface area contributed by atoms with Crippen molar-refractivity contribution in [2.45, 2.75) is 12.8 Å². The van der Waals surface area contributed by atoms with Crippen LogP contribution in [0.3, 0.4) is 0 Å². The van der Waals surface area contributed by atoms with E-state index in [9.17, 15) is 12.8 Å². The van der Waals surface area contributed by atoms with Crippen molar-refractivity contribution >= 4 is 39.1 Å². The van der Waals surface area contributed by atoms with Crippen LogP contribution in [0, 0.1) is 11.7 Å². The zero-order valence-electron chi connectivity index (χ0n) is 11.2. The van der Waals surface area contributed by atoms with Crippen molar-refractivity contribution in [3.63, 3.8) is 0 Å². The Bertz CT molecular complexity index is 596. The number of nitrogens with zero attached hydrogens (tertiary/aromatic N) is 1. The van der Waals surface area contributed by atoms with Crippen LogP contribution in [0.4, 0.5) is 10.1 Å². The van der Waals surface area contributed by atoms with Gasteiger partial charge in [-0.25, -0.2) is 4.39 Å². The number of nitrogens with one attached hydrogen (secondary N) is 1. The van der Waals surface area contributed by atoms with Gasteiger partial charge in [-0.3, -0.25) is 4.72 Å². The van der Waals surface area contributed by atoms with Gasteiger partial charge < -0.3 is 5.73 Å². The maximum atomic E-state index is 13.3. The quantitative estimate of drug-likeness (QED) is 0.814. The lowest BCUT2D eigenvalue weighted by Gasteiger charge is -2.30. The van der Waals surface area contributed by atoms with E-state index < -0.39 is 16.0 Å². The molecule has 0 amide bonds. The molecule has 1 saturated heterocycles. The summed E-state index contributed by atoms with van der Waals surface area (Å²) in [6.07, 6.45) is 1.45. The highest BCUT2D eigenvalue weighted by Gasteiger charge is 2.27. The van der Waals surface area contributed by atoms with Crippen LogP contribution in [0.2, 0.25) is 10.0 Å². The summed E-state index contributed by atoms with van der Waals surface area (Å²) < 4.78 is 41.5. The van der Waals surface area contributed by atoms with E-state index in [-0.39, 0.29) is 15.7 Å². The highest BCUT2D eigenvalue weighted by Crippen LogP contribution is 2.28. The van der Waals surface area contributed by atoms with Crippen LogP contribution in [0.25, 0.3) is 0 Å². The third kappa shape index (κ3) is 3.98. The summed E-state index contributed by atoms with van der Waals surface area (Å²) in [4.78, 5) is 0. The third-order valence-electron chi connectivity index (χ3n) is 3.48. The number of benzene rings is 1. The van der Waals surface area contributed by atoms with E-state index in [1.165, 1.54) is 16.4 Å². The predicted octanol–water partition coefficient (Wildman–Crippen LogP) is 2.46. The first-order valence-corrected chi connectivity index (χ1v) is 8.65. The summed E-state index contributed by atoms with van der Waals surface area (Å²) >= 11 is 11.3. The molecule has 1 heterocycles. The Kier molecular flexibility index (Phi) is 5.32. The molecule has 0 unspecified atom stereocenters. The van der Waals surface area contributed by atoms with Crippen LogP contribution in [0.5, 0.6) is 0 Å². The molecule has 1 aromatic carbocycles. The molecule has 1 aliphatic rings. The maximum Gasteiger partial charge on any atom is 0.301 e. The summed E-state index contributed by atoms with van der Waals surface area (Å²) in [5, 5.41) is -0.468. The molecule has 118 valence electrons. The second-order valence-corrected chi connectivity index (χ2v) is 7.42. The number of halogens is 3. The fourth-order valence-electron chi connectivity index (χ4n) is 2.21.